The Kier molecular flexibility index (Phi) is 4.97. The van der Waals surface area contributed by atoms with Gasteiger partial charge in [0.1, 0.15) is 0 Å². The number of rotatable bonds is 6. The highest BCUT2D eigenvalue weighted by Gasteiger charge is 2.26. The summed E-state index contributed by atoms with van der Waals surface area (Å²) in [6.07, 6.45) is 2.96. The van der Waals surface area contributed by atoms with Crippen LogP contribution in [0.25, 0.3) is 0 Å². The fraction of sp³-hybridized carbons (Fsp3) is 0.444. The third-order valence-electron chi connectivity index (χ3n) is 4.30. The molecule has 2 aromatic heterocycles. The second-order valence-corrected chi connectivity index (χ2v) is 6.44. The van der Waals surface area contributed by atoms with Gasteiger partial charge in [0.25, 0.3) is 0 Å². The number of hydrogen-bond acceptors (Lipinski definition) is 6. The van der Waals surface area contributed by atoms with E-state index < -0.39 is 0 Å². The summed E-state index contributed by atoms with van der Waals surface area (Å²) in [6.45, 7) is 2.88. The van der Waals surface area contributed by atoms with Gasteiger partial charge in [-0.25, -0.2) is 9.97 Å². The summed E-state index contributed by atoms with van der Waals surface area (Å²) >= 11 is 0. The van der Waals surface area contributed by atoms with E-state index >= 15 is 0 Å². The Bertz CT molecular complexity index is 700. The molecule has 0 aromatic carbocycles. The lowest BCUT2D eigenvalue weighted by Gasteiger charge is -2.34. The SMILES string of the molecule is CN(C)CCCNCc1ccc2c(n1)N(C)c1ncccc1N2C. The van der Waals surface area contributed by atoms with Gasteiger partial charge in [-0.05, 0) is 57.9 Å². The Morgan fingerprint density at radius 3 is 2.62 bits per heavy atom. The summed E-state index contributed by atoms with van der Waals surface area (Å²) in [5, 5.41) is 3.47. The van der Waals surface area contributed by atoms with Crippen LogP contribution in [0.4, 0.5) is 23.0 Å². The molecule has 1 aliphatic heterocycles. The van der Waals surface area contributed by atoms with Crippen molar-refractivity contribution in [3.8, 4) is 0 Å². The molecule has 3 heterocycles. The van der Waals surface area contributed by atoms with E-state index in [0.29, 0.717) is 0 Å². The van der Waals surface area contributed by atoms with Crippen molar-refractivity contribution >= 4 is 23.0 Å². The first-order chi connectivity index (χ1) is 11.6. The molecule has 1 N–H and O–H groups in total. The summed E-state index contributed by atoms with van der Waals surface area (Å²) in [4.78, 5) is 15.8. The molecule has 24 heavy (non-hydrogen) atoms. The molecule has 0 radical (unpaired) electrons. The van der Waals surface area contributed by atoms with Gasteiger partial charge in [-0.1, -0.05) is 0 Å². The number of nitrogens with one attached hydrogen (secondary N) is 1. The van der Waals surface area contributed by atoms with Gasteiger partial charge in [0.05, 0.1) is 17.1 Å². The monoisotopic (exact) mass is 326 g/mol. The zero-order valence-corrected chi connectivity index (χ0v) is 15.0. The van der Waals surface area contributed by atoms with Crippen LogP contribution in [-0.4, -0.2) is 56.1 Å². The zero-order valence-electron chi connectivity index (χ0n) is 15.0. The smallest absolute Gasteiger partial charge is 0.158 e. The second kappa shape index (κ2) is 7.15. The number of aromatic nitrogens is 2. The highest BCUT2D eigenvalue weighted by Crippen LogP contribution is 2.43. The van der Waals surface area contributed by atoms with Crippen molar-refractivity contribution in [3.63, 3.8) is 0 Å². The van der Waals surface area contributed by atoms with E-state index in [1.54, 1.807) is 0 Å². The number of pyridine rings is 2. The zero-order chi connectivity index (χ0) is 17.1. The van der Waals surface area contributed by atoms with E-state index in [0.717, 1.165) is 54.8 Å². The van der Waals surface area contributed by atoms with Crippen LogP contribution in [0.5, 0.6) is 0 Å². The Morgan fingerprint density at radius 1 is 1.04 bits per heavy atom. The van der Waals surface area contributed by atoms with Crippen LogP contribution >= 0.6 is 0 Å². The molecule has 0 amide bonds. The van der Waals surface area contributed by atoms with E-state index in [1.807, 2.05) is 19.3 Å². The largest absolute Gasteiger partial charge is 0.339 e. The van der Waals surface area contributed by atoms with Crippen molar-refractivity contribution < 1.29 is 0 Å². The van der Waals surface area contributed by atoms with Gasteiger partial charge in [0, 0.05) is 26.8 Å². The molecule has 1 aliphatic rings. The Balaban J connectivity index is 1.71. The molecule has 0 atom stereocenters. The van der Waals surface area contributed by atoms with Crippen molar-refractivity contribution in [2.24, 2.45) is 0 Å². The molecule has 0 bridgehead atoms. The topological polar surface area (TPSA) is 47.5 Å². The van der Waals surface area contributed by atoms with Crippen LogP contribution in [0.15, 0.2) is 30.5 Å². The maximum Gasteiger partial charge on any atom is 0.158 e. The van der Waals surface area contributed by atoms with Crippen LogP contribution in [0.3, 0.4) is 0 Å². The van der Waals surface area contributed by atoms with E-state index in [1.165, 1.54) is 0 Å². The van der Waals surface area contributed by atoms with Crippen molar-refractivity contribution in [2.75, 3.05) is 51.1 Å². The van der Waals surface area contributed by atoms with Crippen molar-refractivity contribution in [2.45, 2.75) is 13.0 Å². The molecule has 0 saturated heterocycles. The minimum absolute atomic E-state index is 0.785. The van der Waals surface area contributed by atoms with Crippen molar-refractivity contribution in [1.29, 1.82) is 0 Å². The van der Waals surface area contributed by atoms with Gasteiger partial charge in [-0.15, -0.1) is 0 Å². The molecule has 0 spiro atoms. The van der Waals surface area contributed by atoms with E-state index in [2.05, 4.69) is 64.3 Å². The van der Waals surface area contributed by atoms with Gasteiger partial charge in [-0.3, -0.25) is 0 Å². The maximum atomic E-state index is 4.85. The molecule has 2 aromatic rings. The summed E-state index contributed by atoms with van der Waals surface area (Å²) in [5.41, 5.74) is 3.26. The van der Waals surface area contributed by atoms with Gasteiger partial charge < -0.3 is 20.0 Å². The lowest BCUT2D eigenvalue weighted by Crippen LogP contribution is -2.27. The van der Waals surface area contributed by atoms with Crippen LogP contribution in [0.1, 0.15) is 12.1 Å². The number of anilines is 4. The Labute approximate surface area is 144 Å². The van der Waals surface area contributed by atoms with Gasteiger partial charge in [0.2, 0.25) is 0 Å². The number of fused-ring (bicyclic) bond motifs is 2. The molecule has 3 rings (SSSR count). The van der Waals surface area contributed by atoms with Gasteiger partial charge >= 0.3 is 0 Å². The van der Waals surface area contributed by atoms with Crippen LogP contribution in [0.2, 0.25) is 0 Å². The molecule has 0 fully saturated rings. The summed E-state index contributed by atoms with van der Waals surface area (Å²) in [6, 6.07) is 8.30. The fourth-order valence-corrected chi connectivity index (χ4v) is 2.96. The van der Waals surface area contributed by atoms with Crippen LogP contribution in [0, 0.1) is 0 Å². The van der Waals surface area contributed by atoms with Crippen LogP contribution in [-0.2, 0) is 6.54 Å². The molecule has 6 nitrogen and oxygen atoms in total. The number of nitrogens with zero attached hydrogens (tertiary/aromatic N) is 5. The average molecular weight is 326 g/mol. The Morgan fingerprint density at radius 2 is 1.83 bits per heavy atom. The quantitative estimate of drug-likeness (QED) is 0.823. The van der Waals surface area contributed by atoms with E-state index in [9.17, 15) is 0 Å². The molecule has 6 heteroatoms. The summed E-state index contributed by atoms with van der Waals surface area (Å²) in [5.74, 6) is 1.90. The minimum Gasteiger partial charge on any atom is -0.339 e. The fourth-order valence-electron chi connectivity index (χ4n) is 2.96. The molecule has 0 unspecified atom stereocenters. The first-order valence-electron chi connectivity index (χ1n) is 8.36. The first kappa shape index (κ1) is 16.7. The molecule has 0 aliphatic carbocycles. The van der Waals surface area contributed by atoms with Crippen molar-refractivity contribution in [3.05, 3.63) is 36.2 Å². The molecular formula is C18H26N6. The van der Waals surface area contributed by atoms with E-state index in [-0.39, 0.29) is 0 Å². The lowest BCUT2D eigenvalue weighted by atomic mass is 10.2. The van der Waals surface area contributed by atoms with Gasteiger partial charge in [-0.2, -0.15) is 0 Å². The molecule has 128 valence electrons. The van der Waals surface area contributed by atoms with Gasteiger partial charge in [0.15, 0.2) is 11.6 Å². The summed E-state index contributed by atoms with van der Waals surface area (Å²) < 4.78 is 0. The van der Waals surface area contributed by atoms with E-state index in [4.69, 9.17) is 4.98 Å². The minimum atomic E-state index is 0.785. The first-order valence-corrected chi connectivity index (χ1v) is 8.36. The highest BCUT2D eigenvalue weighted by atomic mass is 15.3. The Hall–Kier alpha value is -2.18. The third kappa shape index (κ3) is 3.34. The molecular weight excluding hydrogens is 300 g/mol. The predicted octanol–water partition coefficient (Wildman–Crippen LogP) is 2.37. The summed E-state index contributed by atoms with van der Waals surface area (Å²) in [7, 11) is 8.29. The van der Waals surface area contributed by atoms with Crippen molar-refractivity contribution in [1.82, 2.24) is 20.2 Å². The standard InChI is InChI=1S/C18H26N6/c1-22(2)12-6-10-19-13-14-8-9-16-18(21-14)24(4)17-15(23(16)3)7-5-11-20-17/h5,7-9,11,19H,6,10,12-13H2,1-4H3. The molecule has 0 saturated carbocycles. The average Bonchev–Trinajstić information content (AvgIpc) is 2.59. The predicted molar refractivity (Wildman–Crippen MR) is 99.5 cm³/mol. The third-order valence-corrected chi connectivity index (χ3v) is 4.30. The highest BCUT2D eigenvalue weighted by molar-refractivity contribution is 5.88. The normalized spacial score (nSPS) is 13.2. The number of hydrogen-bond donors (Lipinski definition) is 1. The second-order valence-electron chi connectivity index (χ2n) is 6.44. The lowest BCUT2D eigenvalue weighted by molar-refractivity contribution is 0.394. The van der Waals surface area contributed by atoms with Crippen LogP contribution < -0.4 is 15.1 Å². The maximum absolute atomic E-state index is 4.85.